The fourth-order valence-electron chi connectivity index (χ4n) is 3.83. The highest BCUT2D eigenvalue weighted by Crippen LogP contribution is 2.26. The average molecular weight is 310 g/mol. The van der Waals surface area contributed by atoms with Gasteiger partial charge in [0.05, 0.1) is 11.1 Å². The Kier molecular flexibility index (Phi) is 3.73. The molecular weight excluding hydrogens is 288 g/mol. The maximum absolute atomic E-state index is 12.8. The Morgan fingerprint density at radius 2 is 2.00 bits per heavy atom. The van der Waals surface area contributed by atoms with Crippen LogP contribution in [0.5, 0.6) is 0 Å². The molecule has 0 bridgehead atoms. The number of likely N-dealkylation sites (tertiary alicyclic amines) is 2. The summed E-state index contributed by atoms with van der Waals surface area (Å²) < 4.78 is 0. The number of nitrogens with zero attached hydrogens (tertiary/aromatic N) is 4. The molecule has 1 amide bonds. The number of carbonyl (C=O) groups excluding carboxylic acids is 1. The molecule has 2 aliphatic rings. The lowest BCUT2D eigenvalue weighted by Gasteiger charge is -2.49. The molecule has 5 heteroatoms. The fraction of sp³-hybridized carbons (Fsp3) is 0.500. The zero-order valence-corrected chi connectivity index (χ0v) is 13.5. The SMILES string of the molecule is CC1CCCCN1C1CN(C(=O)c2cccc3nccnc23)C1. The smallest absolute Gasteiger partial charge is 0.256 e. The van der Waals surface area contributed by atoms with Gasteiger partial charge in [-0.05, 0) is 38.4 Å². The zero-order valence-electron chi connectivity index (χ0n) is 13.5. The van der Waals surface area contributed by atoms with Crippen LogP contribution in [-0.2, 0) is 0 Å². The minimum atomic E-state index is 0.0806. The second-order valence-electron chi connectivity index (χ2n) is 6.68. The van der Waals surface area contributed by atoms with E-state index in [1.807, 2.05) is 23.1 Å². The van der Waals surface area contributed by atoms with Gasteiger partial charge in [-0.3, -0.25) is 19.7 Å². The molecule has 2 aliphatic heterocycles. The van der Waals surface area contributed by atoms with Crippen LogP contribution in [0, 0.1) is 0 Å². The number of carbonyl (C=O) groups is 1. The summed E-state index contributed by atoms with van der Waals surface area (Å²) in [5, 5.41) is 0. The monoisotopic (exact) mass is 310 g/mol. The number of benzene rings is 1. The number of hydrogen-bond donors (Lipinski definition) is 0. The van der Waals surface area contributed by atoms with Crippen molar-refractivity contribution in [2.75, 3.05) is 19.6 Å². The van der Waals surface area contributed by atoms with Gasteiger partial charge < -0.3 is 4.90 Å². The van der Waals surface area contributed by atoms with E-state index < -0.39 is 0 Å². The molecule has 1 atom stereocenters. The van der Waals surface area contributed by atoms with E-state index in [1.165, 1.54) is 25.8 Å². The van der Waals surface area contributed by atoms with Gasteiger partial charge in [-0.1, -0.05) is 12.5 Å². The molecule has 0 saturated carbocycles. The van der Waals surface area contributed by atoms with Crippen molar-refractivity contribution < 1.29 is 4.79 Å². The van der Waals surface area contributed by atoms with Gasteiger partial charge in [-0.2, -0.15) is 0 Å². The maximum atomic E-state index is 12.8. The number of hydrogen-bond acceptors (Lipinski definition) is 4. The molecule has 1 aromatic carbocycles. The van der Waals surface area contributed by atoms with Crippen LogP contribution < -0.4 is 0 Å². The molecule has 0 spiro atoms. The predicted octanol–water partition coefficient (Wildman–Crippen LogP) is 2.33. The molecule has 1 unspecified atom stereocenters. The Labute approximate surface area is 136 Å². The van der Waals surface area contributed by atoms with E-state index >= 15 is 0 Å². The van der Waals surface area contributed by atoms with Crippen LogP contribution in [0.1, 0.15) is 36.5 Å². The lowest BCUT2D eigenvalue weighted by molar-refractivity contribution is 0.00222. The van der Waals surface area contributed by atoms with Crippen LogP contribution in [0.15, 0.2) is 30.6 Å². The van der Waals surface area contributed by atoms with E-state index in [2.05, 4.69) is 21.8 Å². The third-order valence-corrected chi connectivity index (χ3v) is 5.20. The normalized spacial score (nSPS) is 23.0. The highest BCUT2D eigenvalue weighted by atomic mass is 16.2. The van der Waals surface area contributed by atoms with Crippen LogP contribution in [0.25, 0.3) is 11.0 Å². The first-order chi connectivity index (χ1) is 11.2. The van der Waals surface area contributed by atoms with Gasteiger partial charge >= 0.3 is 0 Å². The number of para-hydroxylation sites is 1. The quantitative estimate of drug-likeness (QED) is 0.854. The van der Waals surface area contributed by atoms with E-state index in [9.17, 15) is 4.79 Å². The Morgan fingerprint density at radius 1 is 1.17 bits per heavy atom. The fourth-order valence-corrected chi connectivity index (χ4v) is 3.83. The van der Waals surface area contributed by atoms with Crippen molar-refractivity contribution in [3.63, 3.8) is 0 Å². The molecule has 2 fully saturated rings. The molecule has 4 rings (SSSR count). The largest absolute Gasteiger partial charge is 0.335 e. The molecule has 0 radical (unpaired) electrons. The van der Waals surface area contributed by atoms with Gasteiger partial charge in [0.1, 0.15) is 5.52 Å². The number of rotatable bonds is 2. The zero-order chi connectivity index (χ0) is 15.8. The Morgan fingerprint density at radius 3 is 2.83 bits per heavy atom. The van der Waals surface area contributed by atoms with E-state index in [-0.39, 0.29) is 5.91 Å². The molecule has 0 aliphatic carbocycles. The first-order valence-electron chi connectivity index (χ1n) is 8.49. The topological polar surface area (TPSA) is 49.3 Å². The molecular formula is C18H22N4O. The summed E-state index contributed by atoms with van der Waals surface area (Å²) in [6, 6.07) is 6.81. The Balaban J connectivity index is 1.48. The maximum Gasteiger partial charge on any atom is 0.256 e. The second kappa shape index (κ2) is 5.89. The predicted molar refractivity (Wildman–Crippen MR) is 89.2 cm³/mol. The van der Waals surface area contributed by atoms with Gasteiger partial charge in [0.2, 0.25) is 0 Å². The van der Waals surface area contributed by atoms with Gasteiger partial charge in [0.15, 0.2) is 0 Å². The van der Waals surface area contributed by atoms with E-state index in [1.54, 1.807) is 12.4 Å². The molecule has 23 heavy (non-hydrogen) atoms. The van der Waals surface area contributed by atoms with Crippen LogP contribution >= 0.6 is 0 Å². The summed E-state index contributed by atoms with van der Waals surface area (Å²) in [5.74, 6) is 0.0806. The Hall–Kier alpha value is -2.01. The minimum Gasteiger partial charge on any atom is -0.335 e. The Bertz CT molecular complexity index is 721. The van der Waals surface area contributed by atoms with Crippen molar-refractivity contribution >= 4 is 16.9 Å². The first-order valence-corrected chi connectivity index (χ1v) is 8.49. The third-order valence-electron chi connectivity index (χ3n) is 5.20. The summed E-state index contributed by atoms with van der Waals surface area (Å²) in [5.41, 5.74) is 2.15. The van der Waals surface area contributed by atoms with Crippen molar-refractivity contribution in [2.24, 2.45) is 0 Å². The van der Waals surface area contributed by atoms with Crippen molar-refractivity contribution in [3.05, 3.63) is 36.2 Å². The van der Waals surface area contributed by atoms with Crippen LogP contribution in [-0.4, -0.2) is 57.4 Å². The van der Waals surface area contributed by atoms with Crippen molar-refractivity contribution in [2.45, 2.75) is 38.3 Å². The average Bonchev–Trinajstić information content (AvgIpc) is 2.54. The summed E-state index contributed by atoms with van der Waals surface area (Å²) in [4.78, 5) is 25.9. The van der Waals surface area contributed by atoms with Crippen LogP contribution in [0.4, 0.5) is 0 Å². The molecule has 120 valence electrons. The molecule has 2 saturated heterocycles. The summed E-state index contributed by atoms with van der Waals surface area (Å²) in [6.07, 6.45) is 7.21. The molecule has 2 aromatic rings. The lowest BCUT2D eigenvalue weighted by atomic mass is 9.97. The highest BCUT2D eigenvalue weighted by molar-refractivity contribution is 6.04. The van der Waals surface area contributed by atoms with Crippen molar-refractivity contribution in [3.8, 4) is 0 Å². The lowest BCUT2D eigenvalue weighted by Crippen LogP contribution is -2.63. The molecule has 5 nitrogen and oxygen atoms in total. The van der Waals surface area contributed by atoms with Crippen LogP contribution in [0.2, 0.25) is 0 Å². The van der Waals surface area contributed by atoms with E-state index in [4.69, 9.17) is 0 Å². The standard InChI is InChI=1S/C18H22N4O/c1-13-5-2-3-10-22(13)14-11-21(12-14)18(23)15-6-4-7-16-17(15)20-9-8-19-16/h4,6-9,13-14H,2-3,5,10-12H2,1H3. The third kappa shape index (κ3) is 2.59. The first kappa shape index (κ1) is 14.6. The van der Waals surface area contributed by atoms with Crippen molar-refractivity contribution in [1.29, 1.82) is 0 Å². The summed E-state index contributed by atoms with van der Waals surface area (Å²) in [6.45, 7) is 5.15. The minimum absolute atomic E-state index is 0.0806. The molecule has 1 aromatic heterocycles. The molecule has 0 N–H and O–H groups in total. The number of aromatic nitrogens is 2. The van der Waals surface area contributed by atoms with Crippen LogP contribution in [0.3, 0.4) is 0 Å². The second-order valence-corrected chi connectivity index (χ2v) is 6.68. The highest BCUT2D eigenvalue weighted by Gasteiger charge is 2.38. The summed E-state index contributed by atoms with van der Waals surface area (Å²) >= 11 is 0. The number of amides is 1. The molecule has 3 heterocycles. The number of piperidine rings is 1. The van der Waals surface area contributed by atoms with Gasteiger partial charge in [0, 0.05) is 37.6 Å². The summed E-state index contributed by atoms with van der Waals surface area (Å²) in [7, 11) is 0. The van der Waals surface area contributed by atoms with Crippen molar-refractivity contribution in [1.82, 2.24) is 19.8 Å². The van der Waals surface area contributed by atoms with Gasteiger partial charge in [0.25, 0.3) is 5.91 Å². The number of fused-ring (bicyclic) bond motifs is 1. The van der Waals surface area contributed by atoms with E-state index in [0.717, 1.165) is 18.6 Å². The van der Waals surface area contributed by atoms with Gasteiger partial charge in [-0.15, -0.1) is 0 Å². The van der Waals surface area contributed by atoms with E-state index in [0.29, 0.717) is 23.2 Å². The van der Waals surface area contributed by atoms with Gasteiger partial charge in [-0.25, -0.2) is 0 Å².